The molecule has 1 saturated heterocycles. The molecule has 0 saturated carbocycles. The second-order valence-electron chi connectivity index (χ2n) is 5.68. The van der Waals surface area contributed by atoms with Gasteiger partial charge in [-0.25, -0.2) is 4.98 Å². The number of carbonyl (C=O) groups is 1. The topological polar surface area (TPSA) is 95.7 Å². The first-order valence-corrected chi connectivity index (χ1v) is 8.05. The Morgan fingerprint density at radius 1 is 1.25 bits per heavy atom. The van der Waals surface area contributed by atoms with Crippen LogP contribution in [0.25, 0.3) is 10.2 Å². The minimum atomic E-state index is -3.67. The minimum absolute atomic E-state index is 0.0613. The fraction of sp³-hybridized carbons (Fsp3) is 0.429. The third-order valence-corrected chi connectivity index (χ3v) is 4.90. The number of carbonyl (C=O) groups excluding carboxylic acids is 1. The maximum Gasteiger partial charge on any atom is 0.586 e. The van der Waals surface area contributed by atoms with E-state index in [4.69, 9.17) is 10.5 Å². The lowest BCUT2D eigenvalue weighted by molar-refractivity contribution is -0.286. The first kappa shape index (κ1) is 15.5. The van der Waals surface area contributed by atoms with Crippen molar-refractivity contribution in [1.29, 1.82) is 0 Å². The molecule has 0 radical (unpaired) electrons. The van der Waals surface area contributed by atoms with Crippen LogP contribution in [0.3, 0.4) is 0 Å². The SMILES string of the molecule is NC1(C(=O)Nc2nc3cc4c(cc3s2)OC(F)(F)O4)CCOCC1. The highest BCUT2D eigenvalue weighted by Gasteiger charge is 2.44. The van der Waals surface area contributed by atoms with E-state index in [0.717, 1.165) is 11.3 Å². The molecule has 0 aliphatic carbocycles. The van der Waals surface area contributed by atoms with Crippen LogP contribution >= 0.6 is 11.3 Å². The van der Waals surface area contributed by atoms with Crippen LogP contribution < -0.4 is 20.5 Å². The molecule has 1 amide bonds. The van der Waals surface area contributed by atoms with E-state index in [1.54, 1.807) is 0 Å². The first-order valence-electron chi connectivity index (χ1n) is 7.23. The molecule has 0 bridgehead atoms. The molecule has 0 unspecified atom stereocenters. The Labute approximate surface area is 138 Å². The standard InChI is InChI=1S/C14H13F2N3O4S/c15-14(16)22-8-5-7-10(6-9(8)23-14)24-12(18-7)19-11(20)13(17)1-3-21-4-2-13/h5-6H,1-4,17H2,(H,18,19,20). The smallest absolute Gasteiger partial charge is 0.395 e. The third kappa shape index (κ3) is 2.66. The highest BCUT2D eigenvalue weighted by atomic mass is 32.1. The van der Waals surface area contributed by atoms with Gasteiger partial charge in [0.05, 0.1) is 10.2 Å². The molecule has 1 aromatic heterocycles. The molecular weight excluding hydrogens is 344 g/mol. The maximum absolute atomic E-state index is 13.1. The van der Waals surface area contributed by atoms with E-state index in [-0.39, 0.29) is 17.4 Å². The molecule has 3 heterocycles. The van der Waals surface area contributed by atoms with Gasteiger partial charge in [0.25, 0.3) is 0 Å². The normalized spacial score (nSPS) is 21.0. The summed E-state index contributed by atoms with van der Waals surface area (Å²) in [6, 6.07) is 2.76. The van der Waals surface area contributed by atoms with Crippen LogP contribution in [0.5, 0.6) is 11.5 Å². The molecule has 1 fully saturated rings. The number of alkyl halides is 2. The molecule has 10 heteroatoms. The zero-order valence-electron chi connectivity index (χ0n) is 12.3. The van der Waals surface area contributed by atoms with Crippen molar-refractivity contribution in [2.45, 2.75) is 24.7 Å². The van der Waals surface area contributed by atoms with Crippen molar-refractivity contribution >= 4 is 32.6 Å². The highest BCUT2D eigenvalue weighted by molar-refractivity contribution is 7.22. The van der Waals surface area contributed by atoms with Gasteiger partial charge in [-0.05, 0) is 12.8 Å². The molecule has 0 spiro atoms. The summed E-state index contributed by atoms with van der Waals surface area (Å²) in [7, 11) is 0. The number of nitrogens with zero attached hydrogens (tertiary/aromatic N) is 1. The number of anilines is 1. The molecule has 24 heavy (non-hydrogen) atoms. The van der Waals surface area contributed by atoms with Gasteiger partial charge >= 0.3 is 6.29 Å². The molecule has 1 aromatic carbocycles. The second kappa shape index (κ2) is 5.23. The molecule has 3 N–H and O–H groups in total. The third-order valence-electron chi connectivity index (χ3n) is 3.97. The fourth-order valence-electron chi connectivity index (χ4n) is 2.61. The number of amides is 1. The number of hydrogen-bond donors (Lipinski definition) is 2. The number of nitrogens with one attached hydrogen (secondary N) is 1. The maximum atomic E-state index is 13.1. The number of nitrogens with two attached hydrogens (primary N) is 1. The molecule has 2 aromatic rings. The molecule has 7 nitrogen and oxygen atoms in total. The molecule has 2 aliphatic rings. The van der Waals surface area contributed by atoms with Gasteiger partial charge in [-0.1, -0.05) is 11.3 Å². The molecular formula is C14H13F2N3O4S. The Morgan fingerprint density at radius 2 is 1.92 bits per heavy atom. The summed E-state index contributed by atoms with van der Waals surface area (Å²) in [5, 5.41) is 3.03. The Bertz CT molecular complexity index is 775. The van der Waals surface area contributed by atoms with Crippen molar-refractivity contribution in [2.24, 2.45) is 5.73 Å². The Morgan fingerprint density at radius 3 is 2.62 bits per heavy atom. The van der Waals surface area contributed by atoms with Gasteiger partial charge in [-0.2, -0.15) is 0 Å². The predicted octanol–water partition coefficient (Wildman–Crippen LogP) is 2.06. The Kier molecular flexibility index (Phi) is 3.37. The van der Waals surface area contributed by atoms with Crippen molar-refractivity contribution < 1.29 is 27.8 Å². The lowest BCUT2D eigenvalue weighted by Crippen LogP contribution is -2.54. The van der Waals surface area contributed by atoms with Crippen molar-refractivity contribution in [3.05, 3.63) is 12.1 Å². The van der Waals surface area contributed by atoms with E-state index in [1.165, 1.54) is 12.1 Å². The summed E-state index contributed by atoms with van der Waals surface area (Å²) >= 11 is 1.14. The zero-order valence-corrected chi connectivity index (χ0v) is 13.1. The highest BCUT2D eigenvalue weighted by Crippen LogP contribution is 2.44. The summed E-state index contributed by atoms with van der Waals surface area (Å²) in [6.45, 7) is 0.860. The van der Waals surface area contributed by atoms with E-state index in [0.29, 0.717) is 41.4 Å². The van der Waals surface area contributed by atoms with Crippen LogP contribution in [0, 0.1) is 0 Å². The van der Waals surface area contributed by atoms with E-state index >= 15 is 0 Å². The van der Waals surface area contributed by atoms with E-state index < -0.39 is 11.8 Å². The molecule has 2 aliphatic heterocycles. The Balaban J connectivity index is 1.57. The number of aromatic nitrogens is 1. The second-order valence-corrected chi connectivity index (χ2v) is 6.71. The molecule has 0 atom stereocenters. The lowest BCUT2D eigenvalue weighted by Gasteiger charge is -2.31. The van der Waals surface area contributed by atoms with Gasteiger partial charge in [0.15, 0.2) is 16.6 Å². The van der Waals surface area contributed by atoms with Crippen LogP contribution in [-0.4, -0.2) is 35.9 Å². The van der Waals surface area contributed by atoms with E-state index in [2.05, 4.69) is 19.8 Å². The summed E-state index contributed by atoms with van der Waals surface area (Å²) in [6.07, 6.45) is -2.82. The van der Waals surface area contributed by atoms with Gasteiger partial charge in [0.2, 0.25) is 5.91 Å². The van der Waals surface area contributed by atoms with Crippen molar-refractivity contribution in [2.75, 3.05) is 18.5 Å². The summed E-state index contributed by atoms with van der Waals surface area (Å²) in [5.74, 6) is -0.486. The summed E-state index contributed by atoms with van der Waals surface area (Å²) in [5.41, 5.74) is 5.55. The van der Waals surface area contributed by atoms with Crippen molar-refractivity contribution in [3.63, 3.8) is 0 Å². The summed E-state index contributed by atoms with van der Waals surface area (Å²) < 4.78 is 40.7. The largest absolute Gasteiger partial charge is 0.586 e. The van der Waals surface area contributed by atoms with Gasteiger partial charge in [0.1, 0.15) is 5.54 Å². The number of rotatable bonds is 2. The predicted molar refractivity (Wildman–Crippen MR) is 81.4 cm³/mol. The van der Waals surface area contributed by atoms with Crippen LogP contribution in [0.15, 0.2) is 12.1 Å². The molecule has 128 valence electrons. The number of ether oxygens (including phenoxy) is 3. The zero-order chi connectivity index (χ0) is 16.9. The van der Waals surface area contributed by atoms with E-state index in [9.17, 15) is 13.6 Å². The van der Waals surface area contributed by atoms with Gasteiger partial charge in [-0.15, -0.1) is 8.78 Å². The van der Waals surface area contributed by atoms with Crippen molar-refractivity contribution in [3.8, 4) is 11.5 Å². The van der Waals surface area contributed by atoms with Crippen LogP contribution in [0.4, 0.5) is 13.9 Å². The van der Waals surface area contributed by atoms with Gasteiger partial charge in [0, 0.05) is 25.3 Å². The number of halogens is 2. The van der Waals surface area contributed by atoms with Crippen LogP contribution in [0.1, 0.15) is 12.8 Å². The van der Waals surface area contributed by atoms with E-state index in [1.807, 2.05) is 0 Å². The first-order chi connectivity index (χ1) is 11.3. The number of thiazole rings is 1. The van der Waals surface area contributed by atoms with Crippen LogP contribution in [-0.2, 0) is 9.53 Å². The Hall–Kier alpha value is -2.04. The molecule has 4 rings (SSSR count). The monoisotopic (exact) mass is 357 g/mol. The summed E-state index contributed by atoms with van der Waals surface area (Å²) in [4.78, 5) is 16.6. The average molecular weight is 357 g/mol. The quantitative estimate of drug-likeness (QED) is 0.854. The number of fused-ring (bicyclic) bond motifs is 2. The van der Waals surface area contributed by atoms with Crippen molar-refractivity contribution in [1.82, 2.24) is 4.98 Å². The van der Waals surface area contributed by atoms with Crippen LogP contribution in [0.2, 0.25) is 0 Å². The average Bonchev–Trinajstić information content (AvgIpc) is 3.02. The van der Waals surface area contributed by atoms with Gasteiger partial charge < -0.3 is 25.3 Å². The van der Waals surface area contributed by atoms with Gasteiger partial charge in [-0.3, -0.25) is 4.79 Å². The fourth-order valence-corrected chi connectivity index (χ4v) is 3.48. The number of benzene rings is 1. The lowest BCUT2D eigenvalue weighted by atomic mass is 9.90. The minimum Gasteiger partial charge on any atom is -0.395 e. The number of hydrogen-bond acceptors (Lipinski definition) is 7.